The van der Waals surface area contributed by atoms with E-state index in [4.69, 9.17) is 10.2 Å². The highest BCUT2D eigenvalue weighted by molar-refractivity contribution is 7.13. The predicted octanol–water partition coefficient (Wildman–Crippen LogP) is 1.85. The molecule has 0 aliphatic rings. The van der Waals surface area contributed by atoms with Crippen LogP contribution in [-0.2, 0) is 13.0 Å². The normalized spacial score (nSPS) is 11.1. The standard InChI is InChI=1S/C13H15N5OS/c1-9-11(8-18-7-10(4-5-14)16-17-18)15-13(19-9)12-3-2-6-20-12/h2-3,6-7H,4-5,8,14H2,1H3. The molecule has 104 valence electrons. The number of thiophene rings is 1. The lowest BCUT2D eigenvalue weighted by Gasteiger charge is -1.95. The fourth-order valence-electron chi connectivity index (χ4n) is 1.91. The summed E-state index contributed by atoms with van der Waals surface area (Å²) in [4.78, 5) is 5.56. The van der Waals surface area contributed by atoms with E-state index in [2.05, 4.69) is 15.3 Å². The van der Waals surface area contributed by atoms with Crippen LogP contribution in [-0.4, -0.2) is 26.5 Å². The topological polar surface area (TPSA) is 82.8 Å². The second-order valence-electron chi connectivity index (χ2n) is 4.45. The van der Waals surface area contributed by atoms with E-state index < -0.39 is 0 Å². The Hall–Kier alpha value is -1.99. The maximum atomic E-state index is 5.70. The third-order valence-electron chi connectivity index (χ3n) is 2.92. The molecule has 0 bridgehead atoms. The molecule has 7 heteroatoms. The highest BCUT2D eigenvalue weighted by atomic mass is 32.1. The average Bonchev–Trinajstić information content (AvgIpc) is 3.13. The summed E-state index contributed by atoms with van der Waals surface area (Å²) in [7, 11) is 0. The summed E-state index contributed by atoms with van der Waals surface area (Å²) in [6.45, 7) is 3.04. The number of nitrogens with two attached hydrogens (primary N) is 1. The number of aromatic nitrogens is 4. The molecule has 0 radical (unpaired) electrons. The van der Waals surface area contributed by atoms with Crippen molar-refractivity contribution in [3.63, 3.8) is 0 Å². The maximum Gasteiger partial charge on any atom is 0.236 e. The number of hydrogen-bond donors (Lipinski definition) is 1. The molecular formula is C13H15N5OS. The van der Waals surface area contributed by atoms with Crippen molar-refractivity contribution in [1.82, 2.24) is 20.0 Å². The van der Waals surface area contributed by atoms with Crippen molar-refractivity contribution < 1.29 is 4.42 Å². The smallest absolute Gasteiger partial charge is 0.236 e. The van der Waals surface area contributed by atoms with E-state index in [1.54, 1.807) is 16.0 Å². The highest BCUT2D eigenvalue weighted by Gasteiger charge is 2.13. The van der Waals surface area contributed by atoms with Crippen LogP contribution in [0.2, 0.25) is 0 Å². The van der Waals surface area contributed by atoms with Gasteiger partial charge in [0.15, 0.2) is 0 Å². The molecule has 3 aromatic rings. The van der Waals surface area contributed by atoms with Gasteiger partial charge in [-0.25, -0.2) is 9.67 Å². The van der Waals surface area contributed by atoms with Crippen LogP contribution in [0.3, 0.4) is 0 Å². The molecule has 0 aliphatic carbocycles. The number of hydrogen-bond acceptors (Lipinski definition) is 6. The minimum Gasteiger partial charge on any atom is -0.440 e. The Morgan fingerprint density at radius 1 is 1.45 bits per heavy atom. The summed E-state index contributed by atoms with van der Waals surface area (Å²) < 4.78 is 7.46. The van der Waals surface area contributed by atoms with Crippen LogP contribution < -0.4 is 5.73 Å². The van der Waals surface area contributed by atoms with Gasteiger partial charge in [-0.1, -0.05) is 11.3 Å². The molecule has 0 spiro atoms. The summed E-state index contributed by atoms with van der Waals surface area (Å²) >= 11 is 1.61. The monoisotopic (exact) mass is 289 g/mol. The molecule has 0 unspecified atom stereocenters. The number of rotatable bonds is 5. The van der Waals surface area contributed by atoms with Gasteiger partial charge in [-0.2, -0.15) is 0 Å². The van der Waals surface area contributed by atoms with Crippen LogP contribution in [0.15, 0.2) is 28.1 Å². The summed E-state index contributed by atoms with van der Waals surface area (Å²) in [5.41, 5.74) is 7.27. The Labute approximate surface area is 120 Å². The first kappa shape index (κ1) is 13.0. The zero-order valence-electron chi connectivity index (χ0n) is 11.1. The van der Waals surface area contributed by atoms with E-state index in [0.717, 1.165) is 28.4 Å². The Morgan fingerprint density at radius 2 is 2.35 bits per heavy atom. The van der Waals surface area contributed by atoms with Gasteiger partial charge in [0, 0.05) is 12.6 Å². The van der Waals surface area contributed by atoms with Crippen molar-refractivity contribution in [3.05, 3.63) is 40.9 Å². The molecule has 0 fully saturated rings. The van der Waals surface area contributed by atoms with E-state index in [0.29, 0.717) is 19.0 Å². The number of oxazole rings is 1. The molecule has 0 atom stereocenters. The molecule has 2 N–H and O–H groups in total. The van der Waals surface area contributed by atoms with Gasteiger partial charge < -0.3 is 10.2 Å². The Morgan fingerprint density at radius 3 is 3.10 bits per heavy atom. The zero-order valence-corrected chi connectivity index (χ0v) is 11.9. The molecule has 20 heavy (non-hydrogen) atoms. The van der Waals surface area contributed by atoms with Crippen LogP contribution in [0.25, 0.3) is 10.8 Å². The maximum absolute atomic E-state index is 5.70. The Balaban J connectivity index is 1.80. The molecular weight excluding hydrogens is 274 g/mol. The molecule has 0 aromatic carbocycles. The van der Waals surface area contributed by atoms with Crippen molar-refractivity contribution in [2.75, 3.05) is 6.54 Å². The summed E-state index contributed by atoms with van der Waals surface area (Å²) in [5.74, 6) is 1.47. The second kappa shape index (κ2) is 5.56. The minimum absolute atomic E-state index is 0.554. The van der Waals surface area contributed by atoms with Crippen molar-refractivity contribution in [2.45, 2.75) is 19.9 Å². The summed E-state index contributed by atoms with van der Waals surface area (Å²) in [5, 5.41) is 10.1. The van der Waals surface area contributed by atoms with Gasteiger partial charge in [-0.3, -0.25) is 0 Å². The Bertz CT molecular complexity index is 686. The van der Waals surface area contributed by atoms with Gasteiger partial charge in [-0.15, -0.1) is 16.4 Å². The summed E-state index contributed by atoms with van der Waals surface area (Å²) in [6, 6.07) is 3.98. The molecule has 3 rings (SSSR count). The van der Waals surface area contributed by atoms with Crippen LogP contribution in [0.1, 0.15) is 17.1 Å². The third kappa shape index (κ3) is 2.63. The fourth-order valence-corrected chi connectivity index (χ4v) is 2.56. The number of nitrogens with zero attached hydrogens (tertiary/aromatic N) is 4. The van der Waals surface area contributed by atoms with E-state index in [1.165, 1.54) is 0 Å². The predicted molar refractivity (Wildman–Crippen MR) is 76.4 cm³/mol. The highest BCUT2D eigenvalue weighted by Crippen LogP contribution is 2.26. The van der Waals surface area contributed by atoms with Crippen molar-refractivity contribution >= 4 is 11.3 Å². The third-order valence-corrected chi connectivity index (χ3v) is 3.78. The lowest BCUT2D eigenvalue weighted by molar-refractivity contribution is 0.536. The van der Waals surface area contributed by atoms with Crippen LogP contribution in [0.5, 0.6) is 0 Å². The average molecular weight is 289 g/mol. The lowest BCUT2D eigenvalue weighted by Crippen LogP contribution is -2.03. The fraction of sp³-hybridized carbons (Fsp3) is 0.308. The summed E-state index contributed by atoms with van der Waals surface area (Å²) in [6.07, 6.45) is 2.63. The zero-order chi connectivity index (χ0) is 13.9. The molecule has 3 heterocycles. The first-order chi connectivity index (χ1) is 9.76. The molecule has 0 saturated heterocycles. The van der Waals surface area contributed by atoms with Gasteiger partial charge in [-0.05, 0) is 24.9 Å². The minimum atomic E-state index is 0.554. The van der Waals surface area contributed by atoms with E-state index in [-0.39, 0.29) is 0 Å². The molecule has 0 saturated carbocycles. The van der Waals surface area contributed by atoms with E-state index in [9.17, 15) is 0 Å². The van der Waals surface area contributed by atoms with Crippen LogP contribution in [0.4, 0.5) is 0 Å². The number of aryl methyl sites for hydroxylation is 1. The van der Waals surface area contributed by atoms with Crippen LogP contribution >= 0.6 is 11.3 Å². The lowest BCUT2D eigenvalue weighted by atomic mass is 10.3. The molecule has 3 aromatic heterocycles. The molecule has 0 amide bonds. The van der Waals surface area contributed by atoms with Gasteiger partial charge in [0.1, 0.15) is 11.5 Å². The van der Waals surface area contributed by atoms with Gasteiger partial charge >= 0.3 is 0 Å². The largest absolute Gasteiger partial charge is 0.440 e. The van der Waals surface area contributed by atoms with Crippen molar-refractivity contribution in [3.8, 4) is 10.8 Å². The van der Waals surface area contributed by atoms with Gasteiger partial charge in [0.25, 0.3) is 0 Å². The quantitative estimate of drug-likeness (QED) is 0.775. The van der Waals surface area contributed by atoms with Gasteiger partial charge in [0.2, 0.25) is 5.89 Å². The second-order valence-corrected chi connectivity index (χ2v) is 5.39. The molecule has 6 nitrogen and oxygen atoms in total. The first-order valence-electron chi connectivity index (χ1n) is 6.35. The van der Waals surface area contributed by atoms with Gasteiger partial charge in [0.05, 0.1) is 17.1 Å². The van der Waals surface area contributed by atoms with E-state index >= 15 is 0 Å². The van der Waals surface area contributed by atoms with Crippen molar-refractivity contribution in [2.24, 2.45) is 5.73 Å². The van der Waals surface area contributed by atoms with E-state index in [1.807, 2.05) is 30.6 Å². The molecule has 0 aliphatic heterocycles. The van der Waals surface area contributed by atoms with Crippen molar-refractivity contribution in [1.29, 1.82) is 0 Å². The van der Waals surface area contributed by atoms with Crippen LogP contribution in [0, 0.1) is 6.92 Å². The Kier molecular flexibility index (Phi) is 3.62. The first-order valence-corrected chi connectivity index (χ1v) is 7.23. The SMILES string of the molecule is Cc1oc(-c2cccs2)nc1Cn1cc(CCN)nn1.